The number of fused-ring (bicyclic) bond motifs is 1. The predicted octanol–water partition coefficient (Wildman–Crippen LogP) is 3.34. The van der Waals surface area contributed by atoms with Crippen molar-refractivity contribution in [1.29, 1.82) is 0 Å². The van der Waals surface area contributed by atoms with Gasteiger partial charge < -0.3 is 5.32 Å². The Balaban J connectivity index is 1.74. The molecule has 1 saturated heterocycles. The monoisotopic (exact) mass is 195 g/mol. The smallest absolute Gasteiger partial charge is 0.00979 e. The zero-order valence-electron chi connectivity index (χ0n) is 9.76. The average Bonchev–Trinajstić information content (AvgIpc) is 2.61. The van der Waals surface area contributed by atoms with Gasteiger partial charge in [-0.3, -0.25) is 0 Å². The summed E-state index contributed by atoms with van der Waals surface area (Å²) in [5.74, 6) is 1.91. The molecule has 0 aromatic heterocycles. The molecule has 1 heteroatoms. The number of piperidine rings is 1. The van der Waals surface area contributed by atoms with Crippen molar-refractivity contribution in [3.05, 3.63) is 0 Å². The molecule has 14 heavy (non-hydrogen) atoms. The molecule has 2 aliphatic rings. The van der Waals surface area contributed by atoms with E-state index in [1.807, 2.05) is 0 Å². The normalized spacial score (nSPS) is 37.5. The maximum Gasteiger partial charge on any atom is 0.00979 e. The molecule has 0 aromatic rings. The van der Waals surface area contributed by atoms with E-state index in [0.717, 1.165) is 23.9 Å². The molecule has 3 atom stereocenters. The van der Waals surface area contributed by atoms with Crippen LogP contribution in [0.15, 0.2) is 0 Å². The molecule has 3 unspecified atom stereocenters. The Morgan fingerprint density at radius 1 is 1.14 bits per heavy atom. The molecule has 0 spiro atoms. The van der Waals surface area contributed by atoms with Crippen molar-refractivity contribution in [2.75, 3.05) is 0 Å². The first-order chi connectivity index (χ1) is 6.75. The second kappa shape index (κ2) is 4.65. The van der Waals surface area contributed by atoms with Crippen LogP contribution < -0.4 is 5.32 Å². The first-order valence-corrected chi connectivity index (χ1v) is 6.51. The van der Waals surface area contributed by atoms with Gasteiger partial charge in [-0.2, -0.15) is 0 Å². The number of hydrogen-bond donors (Lipinski definition) is 1. The lowest BCUT2D eigenvalue weighted by atomic mass is 9.87. The molecule has 2 fully saturated rings. The highest BCUT2D eigenvalue weighted by molar-refractivity contribution is 4.90. The average molecular weight is 195 g/mol. The van der Waals surface area contributed by atoms with Crippen LogP contribution in [0.1, 0.15) is 58.8 Å². The van der Waals surface area contributed by atoms with Gasteiger partial charge in [-0.25, -0.2) is 0 Å². The molecule has 1 heterocycles. The lowest BCUT2D eigenvalue weighted by Gasteiger charge is -2.34. The molecule has 1 N–H and O–H groups in total. The maximum absolute atomic E-state index is 3.87. The van der Waals surface area contributed by atoms with Crippen LogP contribution in [0.5, 0.6) is 0 Å². The Morgan fingerprint density at radius 2 is 2.00 bits per heavy atom. The fraction of sp³-hybridized carbons (Fsp3) is 1.00. The van der Waals surface area contributed by atoms with Crippen LogP contribution in [0.4, 0.5) is 0 Å². The van der Waals surface area contributed by atoms with Crippen LogP contribution in [0, 0.1) is 11.8 Å². The van der Waals surface area contributed by atoms with E-state index in [1.54, 1.807) is 0 Å². The highest BCUT2D eigenvalue weighted by Crippen LogP contribution is 2.34. The third-order valence-electron chi connectivity index (χ3n) is 4.09. The van der Waals surface area contributed by atoms with Gasteiger partial charge in [0.05, 0.1) is 0 Å². The molecule has 1 aliphatic heterocycles. The highest BCUT2D eigenvalue weighted by Gasteiger charge is 2.32. The van der Waals surface area contributed by atoms with Crippen molar-refractivity contribution >= 4 is 0 Å². The predicted molar refractivity (Wildman–Crippen MR) is 61.4 cm³/mol. The zero-order valence-corrected chi connectivity index (χ0v) is 9.76. The molecule has 0 radical (unpaired) electrons. The lowest BCUT2D eigenvalue weighted by Crippen LogP contribution is -2.45. The number of nitrogens with one attached hydrogen (secondary N) is 1. The molecule has 2 rings (SSSR count). The number of hydrogen-bond acceptors (Lipinski definition) is 1. The second-order valence-corrected chi connectivity index (χ2v) is 5.71. The summed E-state index contributed by atoms with van der Waals surface area (Å²) in [4.78, 5) is 0. The van der Waals surface area contributed by atoms with E-state index < -0.39 is 0 Å². The Labute approximate surface area is 88.7 Å². The summed E-state index contributed by atoms with van der Waals surface area (Å²) < 4.78 is 0. The third kappa shape index (κ3) is 2.50. The third-order valence-corrected chi connectivity index (χ3v) is 4.09. The SMILES string of the molecule is CC(C)CCC1CCC2CCCC2N1. The van der Waals surface area contributed by atoms with Gasteiger partial charge in [0.2, 0.25) is 0 Å². The minimum absolute atomic E-state index is 0.844. The van der Waals surface area contributed by atoms with Crippen LogP contribution in [0.25, 0.3) is 0 Å². The molecular formula is C13H25N. The Hall–Kier alpha value is -0.0400. The largest absolute Gasteiger partial charge is 0.311 e. The fourth-order valence-electron chi connectivity index (χ4n) is 3.17. The Bertz CT molecular complexity index is 176. The van der Waals surface area contributed by atoms with Crippen molar-refractivity contribution in [3.8, 4) is 0 Å². The molecule has 1 saturated carbocycles. The van der Waals surface area contributed by atoms with Crippen molar-refractivity contribution in [3.63, 3.8) is 0 Å². The van der Waals surface area contributed by atoms with Gasteiger partial charge in [-0.05, 0) is 50.4 Å². The minimum atomic E-state index is 0.844. The van der Waals surface area contributed by atoms with Crippen LogP contribution >= 0.6 is 0 Å². The van der Waals surface area contributed by atoms with E-state index in [2.05, 4.69) is 19.2 Å². The van der Waals surface area contributed by atoms with E-state index in [0.29, 0.717) is 0 Å². The van der Waals surface area contributed by atoms with E-state index >= 15 is 0 Å². The topological polar surface area (TPSA) is 12.0 Å². The van der Waals surface area contributed by atoms with Crippen LogP contribution in [-0.2, 0) is 0 Å². The maximum atomic E-state index is 3.87. The molecule has 0 amide bonds. The van der Waals surface area contributed by atoms with Gasteiger partial charge >= 0.3 is 0 Å². The molecule has 1 nitrogen and oxygen atoms in total. The first-order valence-electron chi connectivity index (χ1n) is 6.51. The highest BCUT2D eigenvalue weighted by atomic mass is 15.0. The fourth-order valence-corrected chi connectivity index (χ4v) is 3.17. The van der Waals surface area contributed by atoms with E-state index in [1.165, 1.54) is 44.9 Å². The summed E-state index contributed by atoms with van der Waals surface area (Å²) >= 11 is 0. The van der Waals surface area contributed by atoms with Crippen molar-refractivity contribution in [1.82, 2.24) is 5.32 Å². The Morgan fingerprint density at radius 3 is 2.79 bits per heavy atom. The lowest BCUT2D eigenvalue weighted by molar-refractivity contribution is 0.243. The summed E-state index contributed by atoms with van der Waals surface area (Å²) in [7, 11) is 0. The van der Waals surface area contributed by atoms with Crippen LogP contribution in [0.3, 0.4) is 0 Å². The van der Waals surface area contributed by atoms with Gasteiger partial charge in [0.1, 0.15) is 0 Å². The molecule has 82 valence electrons. The van der Waals surface area contributed by atoms with Crippen LogP contribution in [0.2, 0.25) is 0 Å². The van der Waals surface area contributed by atoms with Crippen molar-refractivity contribution in [2.45, 2.75) is 70.9 Å². The van der Waals surface area contributed by atoms with Gasteiger partial charge in [-0.1, -0.05) is 20.3 Å². The quantitative estimate of drug-likeness (QED) is 0.728. The zero-order chi connectivity index (χ0) is 9.97. The van der Waals surface area contributed by atoms with E-state index in [9.17, 15) is 0 Å². The molecule has 0 bridgehead atoms. The van der Waals surface area contributed by atoms with Crippen molar-refractivity contribution in [2.24, 2.45) is 11.8 Å². The molecule has 0 aromatic carbocycles. The standard InChI is InChI=1S/C13H25N/c1-10(2)6-8-12-9-7-11-4-3-5-13(11)14-12/h10-14H,3-9H2,1-2H3. The molecular weight excluding hydrogens is 170 g/mol. The summed E-state index contributed by atoms with van der Waals surface area (Å²) in [6.07, 6.45) is 10.2. The Kier molecular flexibility index (Phi) is 3.48. The van der Waals surface area contributed by atoms with Gasteiger partial charge in [-0.15, -0.1) is 0 Å². The van der Waals surface area contributed by atoms with E-state index in [-0.39, 0.29) is 0 Å². The van der Waals surface area contributed by atoms with Gasteiger partial charge in [0.25, 0.3) is 0 Å². The first kappa shape index (κ1) is 10.5. The summed E-state index contributed by atoms with van der Waals surface area (Å²) in [5, 5.41) is 3.87. The van der Waals surface area contributed by atoms with Crippen LogP contribution in [-0.4, -0.2) is 12.1 Å². The molecule has 1 aliphatic carbocycles. The summed E-state index contributed by atoms with van der Waals surface area (Å²) in [6.45, 7) is 4.67. The summed E-state index contributed by atoms with van der Waals surface area (Å²) in [5.41, 5.74) is 0. The number of rotatable bonds is 3. The van der Waals surface area contributed by atoms with Gasteiger partial charge in [0, 0.05) is 12.1 Å². The second-order valence-electron chi connectivity index (χ2n) is 5.71. The minimum Gasteiger partial charge on any atom is -0.311 e. The summed E-state index contributed by atoms with van der Waals surface area (Å²) in [6, 6.07) is 1.73. The van der Waals surface area contributed by atoms with Crippen molar-refractivity contribution < 1.29 is 0 Å². The van der Waals surface area contributed by atoms with Gasteiger partial charge in [0.15, 0.2) is 0 Å². The van der Waals surface area contributed by atoms with E-state index in [4.69, 9.17) is 0 Å².